The number of anilines is 1. The van der Waals surface area contributed by atoms with Gasteiger partial charge in [-0.1, -0.05) is 12.8 Å². The molecule has 5 heterocycles. The summed E-state index contributed by atoms with van der Waals surface area (Å²) >= 11 is 0. The van der Waals surface area contributed by atoms with Crippen LogP contribution in [0.3, 0.4) is 0 Å². The van der Waals surface area contributed by atoms with Crippen molar-refractivity contribution in [3.8, 4) is 22.9 Å². The summed E-state index contributed by atoms with van der Waals surface area (Å²) in [4.78, 5) is 27.2. The quantitative estimate of drug-likeness (QED) is 0.384. The van der Waals surface area contributed by atoms with E-state index in [0.717, 1.165) is 56.3 Å². The molecule has 2 aliphatic heterocycles. The van der Waals surface area contributed by atoms with Gasteiger partial charge in [0.25, 0.3) is 11.8 Å². The van der Waals surface area contributed by atoms with Crippen LogP contribution in [-0.2, 0) is 6.54 Å². The van der Waals surface area contributed by atoms with E-state index in [2.05, 4.69) is 22.0 Å². The molecule has 1 saturated heterocycles. The number of alkyl halides is 3. The minimum atomic E-state index is -4.42. The van der Waals surface area contributed by atoms with Crippen LogP contribution in [0.2, 0.25) is 0 Å². The summed E-state index contributed by atoms with van der Waals surface area (Å²) in [5, 5.41) is 3.94. The molecule has 0 aliphatic carbocycles. The number of carbonyl (C=O) groups is 1. The third kappa shape index (κ3) is 6.32. The first-order valence-electron chi connectivity index (χ1n) is 13.9. The number of ether oxygens (including phenoxy) is 2. The van der Waals surface area contributed by atoms with E-state index in [1.807, 2.05) is 0 Å². The molecule has 2 aliphatic rings. The lowest BCUT2D eigenvalue weighted by Gasteiger charge is -2.32. The second kappa shape index (κ2) is 12.1. The van der Waals surface area contributed by atoms with Gasteiger partial charge in [0.15, 0.2) is 5.75 Å². The highest BCUT2D eigenvalue weighted by Gasteiger charge is 2.44. The molecule has 3 aromatic heterocycles. The first-order chi connectivity index (χ1) is 19.7. The van der Waals surface area contributed by atoms with E-state index in [0.29, 0.717) is 39.8 Å². The predicted octanol–water partition coefficient (Wildman–Crippen LogP) is 5.52. The summed E-state index contributed by atoms with van der Waals surface area (Å²) in [6.45, 7) is 0.795. The molecule has 0 spiro atoms. The maximum Gasteiger partial charge on any atom is 0.408 e. The second-order valence-corrected chi connectivity index (χ2v) is 10.8. The summed E-state index contributed by atoms with van der Waals surface area (Å²) in [6.07, 6.45) is 5.66. The number of hydrogen-bond donors (Lipinski definition) is 0. The van der Waals surface area contributed by atoms with Crippen LogP contribution in [0, 0.1) is 5.92 Å². The fraction of sp³-hybridized carbons (Fsp3) is 0.517. The SMILES string of the molecule is COc1cc(-c2ccc3c(n2)C(C2CCCCN(C)CCCC2)N(c2cnn(CC(F)(F)F)c2)C3=O)cnc1OC. The van der Waals surface area contributed by atoms with Crippen molar-refractivity contribution in [1.82, 2.24) is 24.6 Å². The second-order valence-electron chi connectivity index (χ2n) is 10.8. The molecule has 0 N–H and O–H groups in total. The fourth-order valence-electron chi connectivity index (χ4n) is 5.90. The lowest BCUT2D eigenvalue weighted by molar-refractivity contribution is -0.142. The van der Waals surface area contributed by atoms with Gasteiger partial charge >= 0.3 is 6.18 Å². The van der Waals surface area contributed by atoms with Crippen LogP contribution in [0.5, 0.6) is 11.6 Å². The van der Waals surface area contributed by atoms with Gasteiger partial charge in [0, 0.05) is 18.0 Å². The molecule has 0 saturated carbocycles. The lowest BCUT2D eigenvalue weighted by atomic mass is 9.86. The predicted molar refractivity (Wildman–Crippen MR) is 147 cm³/mol. The summed E-state index contributed by atoms with van der Waals surface area (Å²) < 4.78 is 50.8. The summed E-state index contributed by atoms with van der Waals surface area (Å²) in [5.74, 6) is 0.606. The topological polar surface area (TPSA) is 85.6 Å². The van der Waals surface area contributed by atoms with Crippen molar-refractivity contribution in [2.45, 2.75) is 57.3 Å². The molecule has 1 fully saturated rings. The van der Waals surface area contributed by atoms with Gasteiger partial charge in [0.05, 0.1) is 49.1 Å². The zero-order valence-corrected chi connectivity index (χ0v) is 23.5. The van der Waals surface area contributed by atoms with Crippen molar-refractivity contribution >= 4 is 11.6 Å². The Balaban J connectivity index is 1.55. The standard InChI is InChI=1S/C29H35F3N6O3/c1-36-12-6-4-8-19(9-5-7-13-36)26-25-22(28(39)38(26)21-16-34-37(17-21)18-29(30,31)32)10-11-23(35-25)20-14-24(40-2)27(41-3)33-15-20/h10-11,14-17,19,26H,4-9,12-13,18H2,1-3H3. The number of methoxy groups -OCH3 is 2. The van der Waals surface area contributed by atoms with Gasteiger partial charge in [-0.25, -0.2) is 9.97 Å². The molecule has 5 rings (SSSR count). The zero-order valence-electron chi connectivity index (χ0n) is 23.5. The minimum Gasteiger partial charge on any atom is -0.491 e. The van der Waals surface area contributed by atoms with Crippen LogP contribution in [0.1, 0.15) is 60.6 Å². The molecule has 41 heavy (non-hydrogen) atoms. The molecule has 9 nitrogen and oxygen atoms in total. The monoisotopic (exact) mass is 572 g/mol. The molecule has 3 aromatic rings. The van der Waals surface area contributed by atoms with E-state index in [4.69, 9.17) is 14.5 Å². The number of pyridine rings is 2. The average Bonchev–Trinajstić information content (AvgIpc) is 3.51. The number of nitrogens with zero attached hydrogens (tertiary/aromatic N) is 6. The number of amides is 1. The average molecular weight is 573 g/mol. The first-order valence-corrected chi connectivity index (χ1v) is 13.9. The van der Waals surface area contributed by atoms with Gasteiger partial charge in [-0.15, -0.1) is 0 Å². The Bertz CT molecular complexity index is 1370. The summed E-state index contributed by atoms with van der Waals surface area (Å²) in [6, 6.07) is 4.87. The third-order valence-corrected chi connectivity index (χ3v) is 7.87. The van der Waals surface area contributed by atoms with E-state index >= 15 is 0 Å². The number of carbonyl (C=O) groups excluding carboxylic acids is 1. The Hall–Kier alpha value is -3.67. The normalized spacial score (nSPS) is 19.3. The van der Waals surface area contributed by atoms with E-state index in [1.54, 1.807) is 29.3 Å². The van der Waals surface area contributed by atoms with Gasteiger partial charge < -0.3 is 14.4 Å². The highest BCUT2D eigenvalue weighted by molar-refractivity contribution is 6.10. The Morgan fingerprint density at radius 1 is 1.02 bits per heavy atom. The van der Waals surface area contributed by atoms with Crippen LogP contribution < -0.4 is 14.4 Å². The van der Waals surface area contributed by atoms with Gasteiger partial charge in [-0.3, -0.25) is 14.4 Å². The van der Waals surface area contributed by atoms with E-state index in [9.17, 15) is 18.0 Å². The maximum absolute atomic E-state index is 13.9. The Morgan fingerprint density at radius 3 is 2.41 bits per heavy atom. The molecule has 1 amide bonds. The van der Waals surface area contributed by atoms with Gasteiger partial charge in [-0.2, -0.15) is 18.3 Å². The first kappa shape index (κ1) is 28.8. The highest BCUT2D eigenvalue weighted by atomic mass is 19.4. The molecule has 0 aromatic carbocycles. The van der Waals surface area contributed by atoms with Crippen molar-refractivity contribution in [2.75, 3.05) is 39.3 Å². The minimum absolute atomic E-state index is 0.0841. The molecule has 220 valence electrons. The Labute approximate surface area is 237 Å². The summed E-state index contributed by atoms with van der Waals surface area (Å²) in [7, 11) is 5.18. The van der Waals surface area contributed by atoms with Gasteiger partial charge in [0.1, 0.15) is 6.54 Å². The van der Waals surface area contributed by atoms with E-state index in [-0.39, 0.29) is 11.8 Å². The van der Waals surface area contributed by atoms with Crippen LogP contribution in [0.25, 0.3) is 11.3 Å². The van der Waals surface area contributed by atoms with Crippen molar-refractivity contribution in [1.29, 1.82) is 0 Å². The van der Waals surface area contributed by atoms with E-state index < -0.39 is 18.8 Å². The van der Waals surface area contributed by atoms with Crippen molar-refractivity contribution in [3.63, 3.8) is 0 Å². The molecule has 1 atom stereocenters. The van der Waals surface area contributed by atoms with Gasteiger partial charge in [0.2, 0.25) is 0 Å². The van der Waals surface area contributed by atoms with Crippen molar-refractivity contribution in [3.05, 3.63) is 48.0 Å². The van der Waals surface area contributed by atoms with Crippen LogP contribution in [-0.4, -0.2) is 71.1 Å². The fourth-order valence-corrected chi connectivity index (χ4v) is 5.90. The van der Waals surface area contributed by atoms with E-state index in [1.165, 1.54) is 26.6 Å². The number of halogens is 3. The molecule has 0 radical (unpaired) electrons. The smallest absolute Gasteiger partial charge is 0.408 e. The molecule has 0 bridgehead atoms. The number of hydrogen-bond acceptors (Lipinski definition) is 7. The summed E-state index contributed by atoms with van der Waals surface area (Å²) in [5.41, 5.74) is 2.74. The zero-order chi connectivity index (χ0) is 29.1. The molecular formula is C29H35F3N6O3. The lowest BCUT2D eigenvalue weighted by Crippen LogP contribution is -2.33. The third-order valence-electron chi connectivity index (χ3n) is 7.87. The van der Waals surface area contributed by atoms with Crippen molar-refractivity contribution < 1.29 is 27.4 Å². The molecule has 12 heteroatoms. The number of aromatic nitrogens is 4. The maximum atomic E-state index is 13.9. The van der Waals surface area contributed by atoms with Crippen LogP contribution in [0.15, 0.2) is 36.8 Å². The van der Waals surface area contributed by atoms with Crippen LogP contribution >= 0.6 is 0 Å². The van der Waals surface area contributed by atoms with Crippen molar-refractivity contribution in [2.24, 2.45) is 5.92 Å². The number of rotatable bonds is 6. The Morgan fingerprint density at radius 2 is 1.76 bits per heavy atom. The molecule has 1 unspecified atom stereocenters. The van der Waals surface area contributed by atoms with Gasteiger partial charge in [-0.05, 0) is 69.9 Å². The number of fused-ring (bicyclic) bond motifs is 1. The van der Waals surface area contributed by atoms with Crippen LogP contribution in [0.4, 0.5) is 18.9 Å². The highest BCUT2D eigenvalue weighted by Crippen LogP contribution is 2.45. The molecular weight excluding hydrogens is 537 g/mol. The largest absolute Gasteiger partial charge is 0.491 e. The Kier molecular flexibility index (Phi) is 8.48.